The summed E-state index contributed by atoms with van der Waals surface area (Å²) >= 11 is 0. The molecule has 0 saturated heterocycles. The van der Waals surface area contributed by atoms with Gasteiger partial charge in [-0.25, -0.2) is 4.57 Å². The summed E-state index contributed by atoms with van der Waals surface area (Å²) in [7, 11) is -5.15. The minimum absolute atomic E-state index is 0.00379. The van der Waals surface area contributed by atoms with Crippen molar-refractivity contribution in [1.29, 1.82) is 0 Å². The van der Waals surface area contributed by atoms with Gasteiger partial charge in [-0.05, 0) is 96.8 Å². The molecule has 0 spiro atoms. The van der Waals surface area contributed by atoms with Crippen LogP contribution in [-0.4, -0.2) is 110 Å². The van der Waals surface area contributed by atoms with Crippen molar-refractivity contribution >= 4 is 19.8 Å². The second kappa shape index (κ2) is 38.4. The fraction of sp³-hybridized carbons (Fsp3) is 0.714. The zero-order valence-corrected chi connectivity index (χ0v) is 39.6. The molecular formula is C49H83O14P. The number of phosphoric ester groups is 1. The first-order valence-corrected chi connectivity index (χ1v) is 25.3. The Labute approximate surface area is 383 Å². The molecule has 0 aromatic carbocycles. The summed E-state index contributed by atoms with van der Waals surface area (Å²) in [6, 6.07) is 0. The van der Waals surface area contributed by atoms with Crippen LogP contribution in [0.15, 0.2) is 72.9 Å². The van der Waals surface area contributed by atoms with Crippen molar-refractivity contribution in [3.63, 3.8) is 0 Å². The molecule has 64 heavy (non-hydrogen) atoms. The predicted octanol–water partition coefficient (Wildman–Crippen LogP) is 8.47. The quantitative estimate of drug-likeness (QED) is 0.0133. The molecule has 1 aliphatic rings. The average molecular weight is 927 g/mol. The molecule has 7 N–H and O–H groups in total. The van der Waals surface area contributed by atoms with Crippen LogP contribution in [0.2, 0.25) is 0 Å². The molecule has 0 heterocycles. The molecular weight excluding hydrogens is 843 g/mol. The lowest BCUT2D eigenvalue weighted by atomic mass is 9.85. The number of unbranched alkanes of at least 4 members (excludes halogenated alkanes) is 12. The third kappa shape index (κ3) is 31.2. The van der Waals surface area contributed by atoms with Gasteiger partial charge in [-0.3, -0.25) is 18.6 Å². The minimum atomic E-state index is -5.15. The number of ether oxygens (including phenoxy) is 2. The lowest BCUT2D eigenvalue weighted by Crippen LogP contribution is -2.64. The van der Waals surface area contributed by atoms with E-state index in [-0.39, 0.29) is 18.9 Å². The van der Waals surface area contributed by atoms with E-state index in [1.54, 1.807) is 6.92 Å². The number of rotatable bonds is 38. The third-order valence-corrected chi connectivity index (χ3v) is 11.5. The maximum absolute atomic E-state index is 12.8. The van der Waals surface area contributed by atoms with Crippen molar-refractivity contribution in [2.75, 3.05) is 13.2 Å². The molecule has 0 aliphatic heterocycles. The fourth-order valence-electron chi connectivity index (χ4n) is 6.68. The molecule has 9 atom stereocenters. The molecule has 1 aliphatic carbocycles. The van der Waals surface area contributed by atoms with Crippen molar-refractivity contribution in [1.82, 2.24) is 0 Å². The lowest BCUT2D eigenvalue weighted by molar-refractivity contribution is -0.220. The normalized spacial score (nSPS) is 22.7. The van der Waals surface area contributed by atoms with Crippen molar-refractivity contribution in [3.8, 4) is 0 Å². The standard InChI is InChI=1S/C49H83O14P/c1-3-4-5-6-7-8-9-10-11-12-15-18-21-24-27-30-33-36-42(51)60-38-41(39-61-64(58,59)63-49-47(56)45(54)44(53)46(55)48(49)57)62-43(52)37-34-31-28-25-22-19-16-13-14-17-20-23-26-29-32-35-40(2)50/h7-8,10-11,14,16-17,19,23,25-26,28,40-41,44-50,53-57H,3-6,9,12-13,15,18,20-22,24,27,29-39H2,1-2H3,(H,58,59)/b8-7-,11-10-,17-14-,19-16-,26-23-,28-25-/t40-,41+,44?,45-,46+,47+,48+,49?/m0/s1. The van der Waals surface area contributed by atoms with E-state index in [9.17, 15) is 49.7 Å². The summed E-state index contributed by atoms with van der Waals surface area (Å²) in [5.41, 5.74) is 0. The maximum atomic E-state index is 12.8. The lowest BCUT2D eigenvalue weighted by Gasteiger charge is -2.41. The first-order chi connectivity index (χ1) is 30.8. The number of allylic oxidation sites excluding steroid dienone is 12. The number of hydrogen-bond acceptors (Lipinski definition) is 13. The highest BCUT2D eigenvalue weighted by atomic mass is 31.2. The van der Waals surface area contributed by atoms with Crippen LogP contribution in [-0.2, 0) is 32.7 Å². The smallest absolute Gasteiger partial charge is 0.462 e. The summed E-state index contributed by atoms with van der Waals surface area (Å²) in [5.74, 6) is -1.20. The molecule has 0 radical (unpaired) electrons. The summed E-state index contributed by atoms with van der Waals surface area (Å²) in [6.45, 7) is 2.77. The number of esters is 2. The van der Waals surface area contributed by atoms with Gasteiger partial charge >= 0.3 is 19.8 Å². The van der Waals surface area contributed by atoms with Gasteiger partial charge in [0.05, 0.1) is 12.7 Å². The van der Waals surface area contributed by atoms with Crippen molar-refractivity contribution in [2.24, 2.45) is 0 Å². The van der Waals surface area contributed by atoms with Gasteiger partial charge < -0.3 is 45.0 Å². The van der Waals surface area contributed by atoms with Crippen LogP contribution < -0.4 is 0 Å². The maximum Gasteiger partial charge on any atom is 0.472 e. The first-order valence-electron chi connectivity index (χ1n) is 23.8. The number of phosphoric acid groups is 1. The highest BCUT2D eigenvalue weighted by molar-refractivity contribution is 7.47. The highest BCUT2D eigenvalue weighted by Crippen LogP contribution is 2.47. The number of carbonyl (C=O) groups is 2. The minimum Gasteiger partial charge on any atom is -0.462 e. The van der Waals surface area contributed by atoms with Crippen LogP contribution in [0.1, 0.15) is 162 Å². The van der Waals surface area contributed by atoms with Gasteiger partial charge in [0.25, 0.3) is 0 Å². The van der Waals surface area contributed by atoms with Gasteiger partial charge in [0.2, 0.25) is 0 Å². The zero-order chi connectivity index (χ0) is 47.3. The first kappa shape index (κ1) is 59.3. The predicted molar refractivity (Wildman–Crippen MR) is 250 cm³/mol. The van der Waals surface area contributed by atoms with Gasteiger partial charge in [0.1, 0.15) is 43.2 Å². The zero-order valence-electron chi connectivity index (χ0n) is 38.7. The number of hydrogen-bond donors (Lipinski definition) is 7. The van der Waals surface area contributed by atoms with Crippen LogP contribution in [0, 0.1) is 0 Å². The van der Waals surface area contributed by atoms with E-state index in [2.05, 4.69) is 67.7 Å². The molecule has 368 valence electrons. The van der Waals surface area contributed by atoms with E-state index in [1.165, 1.54) is 19.3 Å². The summed E-state index contributed by atoms with van der Waals surface area (Å²) in [4.78, 5) is 35.7. The summed E-state index contributed by atoms with van der Waals surface area (Å²) < 4.78 is 33.5. The van der Waals surface area contributed by atoms with Crippen LogP contribution in [0.4, 0.5) is 0 Å². The van der Waals surface area contributed by atoms with E-state index < -0.39 is 75.7 Å². The summed E-state index contributed by atoms with van der Waals surface area (Å²) in [6.07, 6.45) is 32.2. The van der Waals surface area contributed by atoms with E-state index in [1.807, 2.05) is 12.2 Å². The monoisotopic (exact) mass is 927 g/mol. The van der Waals surface area contributed by atoms with Crippen molar-refractivity contribution < 1.29 is 68.2 Å². The topological polar surface area (TPSA) is 230 Å². The fourth-order valence-corrected chi connectivity index (χ4v) is 7.65. The molecule has 14 nitrogen and oxygen atoms in total. The van der Waals surface area contributed by atoms with E-state index in [4.69, 9.17) is 18.5 Å². The Bertz CT molecular complexity index is 1410. The van der Waals surface area contributed by atoms with Gasteiger partial charge in [0.15, 0.2) is 6.10 Å². The molecule has 1 fully saturated rings. The Kier molecular flexibility index (Phi) is 35.5. The second-order valence-corrected chi connectivity index (χ2v) is 17.9. The van der Waals surface area contributed by atoms with Crippen LogP contribution >= 0.6 is 7.82 Å². The Morgan fingerprint density at radius 2 is 0.969 bits per heavy atom. The molecule has 0 bridgehead atoms. The number of aliphatic hydroxyl groups is 6. The molecule has 3 unspecified atom stereocenters. The highest BCUT2D eigenvalue weighted by Gasteiger charge is 2.51. The number of carbonyl (C=O) groups excluding carboxylic acids is 2. The van der Waals surface area contributed by atoms with E-state index in [0.717, 1.165) is 96.3 Å². The Morgan fingerprint density at radius 1 is 0.547 bits per heavy atom. The van der Waals surface area contributed by atoms with Gasteiger partial charge in [-0.1, -0.05) is 125 Å². The molecule has 0 aromatic rings. The van der Waals surface area contributed by atoms with Crippen molar-refractivity contribution in [3.05, 3.63) is 72.9 Å². The average Bonchev–Trinajstić information content (AvgIpc) is 3.26. The van der Waals surface area contributed by atoms with Crippen LogP contribution in [0.3, 0.4) is 0 Å². The van der Waals surface area contributed by atoms with Gasteiger partial charge in [-0.15, -0.1) is 0 Å². The van der Waals surface area contributed by atoms with Crippen LogP contribution in [0.5, 0.6) is 0 Å². The molecule has 0 amide bonds. The number of aliphatic hydroxyl groups excluding tert-OH is 6. The Balaban J connectivity index is 2.50. The summed E-state index contributed by atoms with van der Waals surface area (Å²) in [5, 5.41) is 59.5. The van der Waals surface area contributed by atoms with Crippen molar-refractivity contribution in [2.45, 2.75) is 210 Å². The largest absolute Gasteiger partial charge is 0.472 e. The third-order valence-electron chi connectivity index (χ3n) is 10.5. The van der Waals surface area contributed by atoms with Crippen LogP contribution in [0.25, 0.3) is 0 Å². The second-order valence-electron chi connectivity index (χ2n) is 16.5. The van der Waals surface area contributed by atoms with E-state index in [0.29, 0.717) is 19.3 Å². The van der Waals surface area contributed by atoms with Gasteiger partial charge in [0, 0.05) is 12.8 Å². The SMILES string of the molecule is CCCCC/C=C\C/C=C\CCCCCCCCCC(=O)OC[C@H](COP(=O)(O)OC1[C@H](O)[C@H](O)C(O)[C@H](O)[C@H]1O)OC(=O)CCC/C=C\C/C=C\C/C=C\C/C=C\CCC[C@H](C)O. The molecule has 1 saturated carbocycles. The molecule has 0 aromatic heterocycles. The van der Waals surface area contributed by atoms with Gasteiger partial charge in [-0.2, -0.15) is 0 Å². The molecule has 15 heteroatoms. The van der Waals surface area contributed by atoms with E-state index >= 15 is 0 Å². The Morgan fingerprint density at radius 3 is 1.48 bits per heavy atom. The Hall–Kier alpha value is -2.75. The molecule has 1 rings (SSSR count).